The zero-order valence-corrected chi connectivity index (χ0v) is 12.7. The number of nitrogens with one attached hydrogen (secondary N) is 2. The van der Waals surface area contributed by atoms with Gasteiger partial charge in [0.15, 0.2) is 0 Å². The highest BCUT2D eigenvalue weighted by Gasteiger charge is 2.20. The first kappa shape index (κ1) is 15.8. The molecule has 1 amide bonds. The number of amides is 1. The van der Waals surface area contributed by atoms with E-state index >= 15 is 0 Å². The van der Waals surface area contributed by atoms with Crippen LogP contribution in [-0.2, 0) is 11.8 Å². The lowest BCUT2D eigenvalue weighted by Gasteiger charge is -2.10. The summed E-state index contributed by atoms with van der Waals surface area (Å²) in [5, 5.41) is 16.8. The van der Waals surface area contributed by atoms with Crippen molar-refractivity contribution in [2.24, 2.45) is 7.05 Å². The van der Waals surface area contributed by atoms with Gasteiger partial charge in [0, 0.05) is 17.8 Å². The molecule has 0 aliphatic heterocycles. The summed E-state index contributed by atoms with van der Waals surface area (Å²) in [5.74, 6) is -0.502. The monoisotopic (exact) mass is 323 g/mol. The fraction of sp³-hybridized carbons (Fsp3) is 0.231. The zero-order valence-electron chi connectivity index (χ0n) is 12.0. The summed E-state index contributed by atoms with van der Waals surface area (Å²) in [6, 6.07) is 5.18. The number of hydrogen-bond donors (Lipinski definition) is 2. The number of aromatic nitrogens is 2. The predicted octanol–water partition coefficient (Wildman–Crippen LogP) is 2.34. The first-order chi connectivity index (χ1) is 10.4. The molecule has 0 unspecified atom stereocenters. The third kappa shape index (κ3) is 3.34. The minimum absolute atomic E-state index is 0.133. The predicted molar refractivity (Wildman–Crippen MR) is 83.2 cm³/mol. The van der Waals surface area contributed by atoms with Crippen LogP contribution in [0.2, 0.25) is 5.02 Å². The van der Waals surface area contributed by atoms with Crippen LogP contribution in [-0.4, -0.2) is 26.9 Å². The largest absolute Gasteiger partial charge is 0.406 e. The fourth-order valence-electron chi connectivity index (χ4n) is 1.86. The van der Waals surface area contributed by atoms with E-state index in [0.29, 0.717) is 10.7 Å². The lowest BCUT2D eigenvalue weighted by Crippen LogP contribution is -2.23. The smallest absolute Gasteiger partial charge is 0.358 e. The third-order valence-electron chi connectivity index (χ3n) is 3.05. The van der Waals surface area contributed by atoms with Gasteiger partial charge in [-0.3, -0.25) is 9.36 Å². The molecule has 116 valence electrons. The van der Waals surface area contributed by atoms with Crippen LogP contribution in [0.4, 0.5) is 17.3 Å². The molecular formula is C13H14ClN5O3. The van der Waals surface area contributed by atoms with Gasteiger partial charge in [0.05, 0.1) is 6.54 Å². The van der Waals surface area contributed by atoms with Crippen molar-refractivity contribution in [3.05, 3.63) is 45.2 Å². The van der Waals surface area contributed by atoms with E-state index < -0.39 is 4.92 Å². The molecule has 1 aromatic heterocycles. The van der Waals surface area contributed by atoms with Gasteiger partial charge in [-0.2, -0.15) is 0 Å². The molecule has 8 nitrogen and oxygen atoms in total. The minimum Gasteiger partial charge on any atom is -0.358 e. The van der Waals surface area contributed by atoms with Gasteiger partial charge in [0.1, 0.15) is 0 Å². The number of hydrogen-bond acceptors (Lipinski definition) is 5. The molecule has 0 radical (unpaired) electrons. The van der Waals surface area contributed by atoms with E-state index in [1.807, 2.05) is 0 Å². The molecule has 0 aliphatic rings. The standard InChI is InChI=1S/C13H14ClN5O3/c1-8-9(14)4-3-5-10(8)17-11(20)6-15-12-13(19(21)22)16-7-18(12)2/h3-5,7,15H,6H2,1-2H3,(H,17,20). The van der Waals surface area contributed by atoms with Gasteiger partial charge in [0.2, 0.25) is 18.1 Å². The van der Waals surface area contributed by atoms with E-state index in [4.69, 9.17) is 11.6 Å². The van der Waals surface area contributed by atoms with Crippen LogP contribution >= 0.6 is 11.6 Å². The molecule has 2 aromatic rings. The van der Waals surface area contributed by atoms with Crippen molar-refractivity contribution in [3.8, 4) is 0 Å². The summed E-state index contributed by atoms with van der Waals surface area (Å²) in [6.07, 6.45) is 1.31. The van der Waals surface area contributed by atoms with Gasteiger partial charge in [-0.05, 0) is 34.5 Å². The van der Waals surface area contributed by atoms with Gasteiger partial charge in [-0.1, -0.05) is 17.7 Å². The van der Waals surface area contributed by atoms with Crippen molar-refractivity contribution in [3.63, 3.8) is 0 Å². The zero-order chi connectivity index (χ0) is 16.3. The van der Waals surface area contributed by atoms with E-state index in [9.17, 15) is 14.9 Å². The number of imidazole rings is 1. The number of carbonyl (C=O) groups excluding carboxylic acids is 1. The third-order valence-corrected chi connectivity index (χ3v) is 3.46. The second-order valence-electron chi connectivity index (χ2n) is 4.60. The maximum atomic E-state index is 11.9. The van der Waals surface area contributed by atoms with Gasteiger partial charge in [-0.25, -0.2) is 0 Å². The van der Waals surface area contributed by atoms with E-state index in [0.717, 1.165) is 5.56 Å². The Morgan fingerprint density at radius 2 is 2.23 bits per heavy atom. The van der Waals surface area contributed by atoms with Crippen LogP contribution < -0.4 is 10.6 Å². The quantitative estimate of drug-likeness (QED) is 0.649. The number of benzene rings is 1. The SMILES string of the molecule is Cc1c(Cl)cccc1NC(=O)CNc1c([N+](=O)[O-])ncn1C. The topological polar surface area (TPSA) is 102 Å². The number of nitrogens with zero attached hydrogens (tertiary/aromatic N) is 3. The van der Waals surface area contributed by atoms with Crippen LogP contribution in [0.5, 0.6) is 0 Å². The molecule has 22 heavy (non-hydrogen) atoms. The normalized spacial score (nSPS) is 10.3. The fourth-order valence-corrected chi connectivity index (χ4v) is 2.03. The van der Waals surface area contributed by atoms with Crippen molar-refractivity contribution in [1.82, 2.24) is 9.55 Å². The first-order valence-electron chi connectivity index (χ1n) is 6.34. The van der Waals surface area contributed by atoms with Crippen LogP contribution in [0.15, 0.2) is 24.5 Å². The van der Waals surface area contributed by atoms with E-state index in [2.05, 4.69) is 15.6 Å². The van der Waals surface area contributed by atoms with Crippen LogP contribution in [0, 0.1) is 17.0 Å². The van der Waals surface area contributed by atoms with Gasteiger partial charge in [-0.15, -0.1) is 0 Å². The second kappa shape index (κ2) is 6.44. The number of carbonyl (C=O) groups is 1. The molecule has 2 N–H and O–H groups in total. The molecule has 1 heterocycles. The highest BCUT2D eigenvalue weighted by Crippen LogP contribution is 2.23. The van der Waals surface area contributed by atoms with Gasteiger partial charge in [0.25, 0.3) is 0 Å². The highest BCUT2D eigenvalue weighted by molar-refractivity contribution is 6.31. The number of nitro groups is 1. The Balaban J connectivity index is 2.03. The summed E-state index contributed by atoms with van der Waals surface area (Å²) in [5.41, 5.74) is 1.35. The minimum atomic E-state index is -0.610. The maximum absolute atomic E-state index is 11.9. The van der Waals surface area contributed by atoms with Crippen molar-refractivity contribution < 1.29 is 9.72 Å². The molecule has 0 saturated heterocycles. The van der Waals surface area contributed by atoms with Crippen molar-refractivity contribution in [1.29, 1.82) is 0 Å². The molecule has 0 spiro atoms. The summed E-state index contributed by atoms with van der Waals surface area (Å²) in [4.78, 5) is 25.8. The number of anilines is 2. The van der Waals surface area contributed by atoms with Crippen LogP contribution in [0.25, 0.3) is 0 Å². The number of aryl methyl sites for hydroxylation is 1. The summed E-state index contributed by atoms with van der Waals surface area (Å²) < 4.78 is 1.44. The lowest BCUT2D eigenvalue weighted by molar-refractivity contribution is -0.388. The molecule has 0 bridgehead atoms. The number of rotatable bonds is 5. The average molecular weight is 324 g/mol. The van der Waals surface area contributed by atoms with E-state index in [1.165, 1.54) is 10.9 Å². The average Bonchev–Trinajstić information content (AvgIpc) is 2.83. The molecule has 9 heteroatoms. The first-order valence-corrected chi connectivity index (χ1v) is 6.72. The molecule has 1 aromatic carbocycles. The van der Waals surface area contributed by atoms with Crippen molar-refractivity contribution in [2.75, 3.05) is 17.2 Å². The van der Waals surface area contributed by atoms with Crippen molar-refractivity contribution >= 4 is 34.8 Å². The van der Waals surface area contributed by atoms with Crippen molar-refractivity contribution in [2.45, 2.75) is 6.92 Å². The Labute approximate surface area is 131 Å². The Hall–Kier alpha value is -2.61. The maximum Gasteiger partial charge on any atom is 0.406 e. The van der Waals surface area contributed by atoms with Gasteiger partial charge < -0.3 is 20.7 Å². The Bertz CT molecular complexity index is 728. The summed E-state index contributed by atoms with van der Waals surface area (Å²) >= 11 is 5.98. The van der Waals surface area contributed by atoms with Crippen LogP contribution in [0.3, 0.4) is 0 Å². The highest BCUT2D eigenvalue weighted by atomic mass is 35.5. The molecule has 0 atom stereocenters. The number of halogens is 1. The molecule has 0 saturated carbocycles. The molecule has 0 fully saturated rings. The van der Waals surface area contributed by atoms with E-state index in [1.54, 1.807) is 32.2 Å². The lowest BCUT2D eigenvalue weighted by atomic mass is 10.2. The molecular weight excluding hydrogens is 310 g/mol. The van der Waals surface area contributed by atoms with E-state index in [-0.39, 0.29) is 24.1 Å². The van der Waals surface area contributed by atoms with Gasteiger partial charge >= 0.3 is 5.82 Å². The Kier molecular flexibility index (Phi) is 4.62. The summed E-state index contributed by atoms with van der Waals surface area (Å²) in [6.45, 7) is 1.66. The second-order valence-corrected chi connectivity index (χ2v) is 5.01. The molecule has 0 aliphatic carbocycles. The molecule has 2 rings (SSSR count). The Morgan fingerprint density at radius 1 is 1.50 bits per heavy atom. The Morgan fingerprint density at radius 3 is 2.91 bits per heavy atom. The van der Waals surface area contributed by atoms with Crippen LogP contribution in [0.1, 0.15) is 5.56 Å². The summed E-state index contributed by atoms with van der Waals surface area (Å²) in [7, 11) is 1.60.